The normalized spacial score (nSPS) is 15.2. The van der Waals surface area contributed by atoms with E-state index in [9.17, 15) is 19.7 Å². The van der Waals surface area contributed by atoms with Gasteiger partial charge in [0.1, 0.15) is 17.6 Å². The number of allylic oxidation sites excluding steroid dienone is 1. The standard InChI is InChI=1S/C30H26ClN3O6S/c1-15(2)39-29(36)26-18(5)32-30-33(27(26)21-8-6-7-9-22(21)31)28(35)25(41-30)14-20-10-11-24(40-20)19-12-16(3)17(4)23(13-19)34(37)38/h6-15,27H,1-5H3. The van der Waals surface area contributed by atoms with Gasteiger partial charge in [0, 0.05) is 28.3 Å². The second-order valence-corrected chi connectivity index (χ2v) is 11.4. The molecule has 0 saturated carbocycles. The van der Waals surface area contributed by atoms with Gasteiger partial charge >= 0.3 is 5.97 Å². The largest absolute Gasteiger partial charge is 0.459 e. The van der Waals surface area contributed by atoms with Crippen molar-refractivity contribution in [2.45, 2.75) is 46.8 Å². The minimum atomic E-state index is -0.836. The van der Waals surface area contributed by atoms with Crippen molar-refractivity contribution in [2.75, 3.05) is 0 Å². The molecule has 5 rings (SSSR count). The molecule has 1 atom stereocenters. The highest BCUT2D eigenvalue weighted by atomic mass is 35.5. The lowest BCUT2D eigenvalue weighted by molar-refractivity contribution is -0.385. The number of nitro groups is 1. The SMILES string of the molecule is CC1=C(C(=O)OC(C)C)C(c2ccccc2Cl)n2c(sc(=Cc3ccc(-c4cc(C)c(C)c([N+](=O)[O-])c4)o3)c2=O)=N1. The Morgan fingerprint density at radius 3 is 2.61 bits per heavy atom. The van der Waals surface area contributed by atoms with E-state index < -0.39 is 16.9 Å². The number of halogens is 1. The summed E-state index contributed by atoms with van der Waals surface area (Å²) in [6.45, 7) is 8.72. The number of rotatable bonds is 6. The molecular formula is C30H26ClN3O6S. The maximum Gasteiger partial charge on any atom is 0.338 e. The van der Waals surface area contributed by atoms with Crippen molar-refractivity contribution >= 4 is 40.7 Å². The van der Waals surface area contributed by atoms with Crippen molar-refractivity contribution in [1.29, 1.82) is 0 Å². The van der Waals surface area contributed by atoms with E-state index in [0.717, 1.165) is 16.9 Å². The number of thiazole rings is 1. The lowest BCUT2D eigenvalue weighted by atomic mass is 9.96. The van der Waals surface area contributed by atoms with Crippen LogP contribution in [0.2, 0.25) is 5.02 Å². The first-order valence-corrected chi connectivity index (χ1v) is 14.0. The van der Waals surface area contributed by atoms with Crippen molar-refractivity contribution in [3.05, 3.63) is 117 Å². The number of ether oxygens (including phenoxy) is 1. The fourth-order valence-electron chi connectivity index (χ4n) is 4.74. The van der Waals surface area contributed by atoms with Crippen molar-refractivity contribution in [2.24, 2.45) is 4.99 Å². The van der Waals surface area contributed by atoms with Crippen LogP contribution in [0.4, 0.5) is 5.69 Å². The van der Waals surface area contributed by atoms with Gasteiger partial charge in [-0.15, -0.1) is 0 Å². The molecule has 0 bridgehead atoms. The van der Waals surface area contributed by atoms with Crippen LogP contribution in [0, 0.1) is 24.0 Å². The molecule has 0 amide bonds. The molecule has 1 unspecified atom stereocenters. The minimum Gasteiger partial charge on any atom is -0.459 e. The van der Waals surface area contributed by atoms with Gasteiger partial charge in [-0.1, -0.05) is 41.1 Å². The molecule has 210 valence electrons. The Balaban J connectivity index is 1.63. The fourth-order valence-corrected chi connectivity index (χ4v) is 6.00. The molecular weight excluding hydrogens is 566 g/mol. The van der Waals surface area contributed by atoms with Crippen LogP contribution in [-0.2, 0) is 9.53 Å². The highest BCUT2D eigenvalue weighted by Crippen LogP contribution is 2.35. The smallest absolute Gasteiger partial charge is 0.338 e. The van der Waals surface area contributed by atoms with Crippen LogP contribution in [0.5, 0.6) is 0 Å². The van der Waals surface area contributed by atoms with Gasteiger partial charge in [0.2, 0.25) is 0 Å². The van der Waals surface area contributed by atoms with Crippen LogP contribution in [0.3, 0.4) is 0 Å². The molecule has 2 aromatic heterocycles. The molecule has 0 spiro atoms. The van der Waals surface area contributed by atoms with Crippen LogP contribution >= 0.6 is 22.9 Å². The number of carbonyl (C=O) groups excluding carboxylic acids is 1. The molecule has 0 aliphatic carbocycles. The Morgan fingerprint density at radius 2 is 1.93 bits per heavy atom. The first kappa shape index (κ1) is 28.3. The lowest BCUT2D eigenvalue weighted by Gasteiger charge is -2.26. The van der Waals surface area contributed by atoms with Crippen molar-refractivity contribution in [3.63, 3.8) is 0 Å². The lowest BCUT2D eigenvalue weighted by Crippen LogP contribution is -2.40. The van der Waals surface area contributed by atoms with E-state index in [-0.39, 0.29) is 22.9 Å². The monoisotopic (exact) mass is 591 g/mol. The van der Waals surface area contributed by atoms with Crippen LogP contribution in [0.25, 0.3) is 17.4 Å². The Hall–Kier alpha value is -4.28. The number of nitro benzene ring substituents is 1. The summed E-state index contributed by atoms with van der Waals surface area (Å²) in [5.74, 6) is 0.243. The average Bonchev–Trinajstić information content (AvgIpc) is 3.49. The predicted molar refractivity (Wildman–Crippen MR) is 157 cm³/mol. The van der Waals surface area contributed by atoms with Crippen LogP contribution in [-0.4, -0.2) is 21.6 Å². The molecule has 41 heavy (non-hydrogen) atoms. The number of hydrogen-bond acceptors (Lipinski definition) is 8. The number of fused-ring (bicyclic) bond motifs is 1. The molecule has 4 aromatic rings. The first-order chi connectivity index (χ1) is 19.5. The summed E-state index contributed by atoms with van der Waals surface area (Å²) in [5, 5.41) is 11.9. The van der Waals surface area contributed by atoms with Gasteiger partial charge < -0.3 is 9.15 Å². The zero-order chi connectivity index (χ0) is 29.6. The van der Waals surface area contributed by atoms with E-state index in [1.165, 1.54) is 10.6 Å². The zero-order valence-corrected chi connectivity index (χ0v) is 24.5. The third-order valence-corrected chi connectivity index (χ3v) is 8.13. The molecule has 11 heteroatoms. The Bertz CT molecular complexity index is 1930. The van der Waals surface area contributed by atoms with Crippen LogP contribution in [0.1, 0.15) is 49.3 Å². The number of benzene rings is 2. The van der Waals surface area contributed by atoms with Crippen LogP contribution < -0.4 is 14.9 Å². The third kappa shape index (κ3) is 5.28. The summed E-state index contributed by atoms with van der Waals surface area (Å²) in [6.07, 6.45) is 1.23. The van der Waals surface area contributed by atoms with Gasteiger partial charge in [-0.05, 0) is 70.0 Å². The molecule has 0 radical (unpaired) electrons. The maximum atomic E-state index is 13.8. The first-order valence-electron chi connectivity index (χ1n) is 12.8. The molecule has 1 aliphatic rings. The van der Waals surface area contributed by atoms with Gasteiger partial charge in [0.15, 0.2) is 4.80 Å². The number of hydrogen-bond donors (Lipinski definition) is 0. The van der Waals surface area contributed by atoms with Gasteiger partial charge in [-0.3, -0.25) is 19.5 Å². The zero-order valence-electron chi connectivity index (χ0n) is 22.9. The minimum absolute atomic E-state index is 0.00741. The number of furan rings is 1. The molecule has 1 aliphatic heterocycles. The quantitative estimate of drug-likeness (QED) is 0.163. The summed E-state index contributed by atoms with van der Waals surface area (Å²) >= 11 is 7.72. The van der Waals surface area contributed by atoms with Crippen LogP contribution in [0.15, 0.2) is 74.0 Å². The summed E-state index contributed by atoms with van der Waals surface area (Å²) in [6, 6.07) is 12.9. The average molecular weight is 592 g/mol. The number of nitrogens with zero attached hydrogens (tertiary/aromatic N) is 3. The molecule has 9 nitrogen and oxygen atoms in total. The number of esters is 1. The third-order valence-electron chi connectivity index (χ3n) is 6.81. The molecule has 3 heterocycles. The number of carbonyl (C=O) groups is 1. The van der Waals surface area contributed by atoms with E-state index in [4.69, 9.17) is 20.8 Å². The maximum absolute atomic E-state index is 13.8. The second kappa shape index (κ2) is 10.9. The highest BCUT2D eigenvalue weighted by Gasteiger charge is 2.34. The molecule has 0 saturated heterocycles. The summed E-state index contributed by atoms with van der Waals surface area (Å²) < 4.78 is 13.3. The van der Waals surface area contributed by atoms with Gasteiger partial charge in [0.05, 0.1) is 26.8 Å². The topological polar surface area (TPSA) is 117 Å². The van der Waals surface area contributed by atoms with E-state index in [2.05, 4.69) is 4.99 Å². The van der Waals surface area contributed by atoms with E-state index in [1.807, 2.05) is 6.07 Å². The summed E-state index contributed by atoms with van der Waals surface area (Å²) in [5.41, 5.74) is 2.79. The Labute approximate surface area is 243 Å². The van der Waals surface area contributed by atoms with Gasteiger partial charge in [0.25, 0.3) is 11.2 Å². The molecule has 0 N–H and O–H groups in total. The van der Waals surface area contributed by atoms with E-state index in [0.29, 0.717) is 48.3 Å². The van der Waals surface area contributed by atoms with E-state index >= 15 is 0 Å². The Kier molecular flexibility index (Phi) is 7.54. The summed E-state index contributed by atoms with van der Waals surface area (Å²) in [7, 11) is 0. The predicted octanol–water partition coefficient (Wildman–Crippen LogP) is 5.63. The van der Waals surface area contributed by atoms with Crippen molar-refractivity contribution in [3.8, 4) is 11.3 Å². The molecule has 0 fully saturated rings. The summed E-state index contributed by atoms with van der Waals surface area (Å²) in [4.78, 5) is 43.1. The Morgan fingerprint density at radius 1 is 1.20 bits per heavy atom. The van der Waals surface area contributed by atoms with Crippen molar-refractivity contribution in [1.82, 2.24) is 4.57 Å². The number of aryl methyl sites for hydroxylation is 1. The second-order valence-electron chi connectivity index (χ2n) is 9.95. The highest BCUT2D eigenvalue weighted by molar-refractivity contribution is 7.07. The fraction of sp³-hybridized carbons (Fsp3) is 0.233. The van der Waals surface area contributed by atoms with Crippen molar-refractivity contribution < 1.29 is 18.9 Å². The van der Waals surface area contributed by atoms with E-state index in [1.54, 1.807) is 77.1 Å². The van der Waals surface area contributed by atoms with Gasteiger partial charge in [-0.2, -0.15) is 0 Å². The molecule has 2 aromatic carbocycles. The number of aromatic nitrogens is 1. The van der Waals surface area contributed by atoms with Gasteiger partial charge in [-0.25, -0.2) is 9.79 Å².